The van der Waals surface area contributed by atoms with Crippen LogP contribution in [0.15, 0.2) is 36.5 Å². The van der Waals surface area contributed by atoms with Gasteiger partial charge in [0.25, 0.3) is 0 Å². The standard InChI is InChI=1S/C14H12FNO3/c1-9(17)11-6-13(14(18)19)16(8-11)7-10-4-2-3-5-12(10)15/h2-6,8H,7H2,1H3,(H,18,19). The molecule has 0 saturated heterocycles. The third-order valence-corrected chi connectivity index (χ3v) is 2.82. The van der Waals surface area contributed by atoms with Gasteiger partial charge in [-0.3, -0.25) is 4.79 Å². The zero-order valence-corrected chi connectivity index (χ0v) is 10.3. The van der Waals surface area contributed by atoms with Crippen molar-refractivity contribution >= 4 is 11.8 Å². The molecule has 0 unspecified atom stereocenters. The fraction of sp³-hybridized carbons (Fsp3) is 0.143. The molecule has 4 nitrogen and oxygen atoms in total. The number of aromatic nitrogens is 1. The number of benzene rings is 1. The van der Waals surface area contributed by atoms with Gasteiger partial charge >= 0.3 is 5.97 Å². The monoisotopic (exact) mass is 261 g/mol. The van der Waals surface area contributed by atoms with E-state index in [0.29, 0.717) is 11.1 Å². The highest BCUT2D eigenvalue weighted by Crippen LogP contribution is 2.14. The molecule has 0 spiro atoms. The maximum absolute atomic E-state index is 13.5. The molecule has 19 heavy (non-hydrogen) atoms. The molecule has 1 N–H and O–H groups in total. The number of carbonyl (C=O) groups excluding carboxylic acids is 1. The fourth-order valence-electron chi connectivity index (χ4n) is 1.82. The van der Waals surface area contributed by atoms with Gasteiger partial charge in [0.2, 0.25) is 0 Å². The summed E-state index contributed by atoms with van der Waals surface area (Å²) in [4.78, 5) is 22.4. The van der Waals surface area contributed by atoms with Crippen LogP contribution in [0.2, 0.25) is 0 Å². The highest BCUT2D eigenvalue weighted by molar-refractivity contribution is 5.97. The first kappa shape index (κ1) is 13.0. The number of rotatable bonds is 4. The molecule has 1 aromatic heterocycles. The summed E-state index contributed by atoms with van der Waals surface area (Å²) in [6.07, 6.45) is 1.43. The molecule has 0 amide bonds. The quantitative estimate of drug-likeness (QED) is 0.860. The van der Waals surface area contributed by atoms with Crippen molar-refractivity contribution in [2.24, 2.45) is 0 Å². The number of carboxylic acid groups (broad SMARTS) is 1. The van der Waals surface area contributed by atoms with Crippen LogP contribution < -0.4 is 0 Å². The summed E-state index contributed by atoms with van der Waals surface area (Å²) in [6.45, 7) is 1.43. The van der Waals surface area contributed by atoms with Crippen molar-refractivity contribution in [2.75, 3.05) is 0 Å². The number of carbonyl (C=O) groups is 2. The van der Waals surface area contributed by atoms with Crippen LogP contribution in [0.4, 0.5) is 4.39 Å². The van der Waals surface area contributed by atoms with E-state index in [1.165, 1.54) is 29.8 Å². The normalized spacial score (nSPS) is 10.4. The third-order valence-electron chi connectivity index (χ3n) is 2.82. The molecular weight excluding hydrogens is 249 g/mol. The number of hydrogen-bond acceptors (Lipinski definition) is 2. The van der Waals surface area contributed by atoms with E-state index in [2.05, 4.69) is 0 Å². The first-order valence-corrected chi connectivity index (χ1v) is 5.67. The third kappa shape index (κ3) is 2.70. The zero-order valence-electron chi connectivity index (χ0n) is 10.3. The molecule has 0 bridgehead atoms. The van der Waals surface area contributed by atoms with Crippen LogP contribution in [0.25, 0.3) is 0 Å². The van der Waals surface area contributed by atoms with E-state index >= 15 is 0 Å². The number of halogens is 1. The van der Waals surface area contributed by atoms with E-state index < -0.39 is 11.8 Å². The fourth-order valence-corrected chi connectivity index (χ4v) is 1.82. The molecule has 1 heterocycles. The van der Waals surface area contributed by atoms with Crippen LogP contribution in [-0.2, 0) is 6.54 Å². The van der Waals surface area contributed by atoms with Crippen molar-refractivity contribution in [3.63, 3.8) is 0 Å². The van der Waals surface area contributed by atoms with Gasteiger partial charge in [-0.05, 0) is 19.1 Å². The predicted molar refractivity (Wildman–Crippen MR) is 66.9 cm³/mol. The number of carboxylic acids is 1. The van der Waals surface area contributed by atoms with Gasteiger partial charge in [-0.25, -0.2) is 9.18 Å². The number of Topliss-reactive ketones (excluding diaryl/α,β-unsaturated/α-hetero) is 1. The van der Waals surface area contributed by atoms with E-state index in [-0.39, 0.29) is 18.0 Å². The average molecular weight is 261 g/mol. The van der Waals surface area contributed by atoms with Gasteiger partial charge in [-0.1, -0.05) is 18.2 Å². The maximum Gasteiger partial charge on any atom is 0.352 e. The second-order valence-corrected chi connectivity index (χ2v) is 4.19. The molecule has 0 radical (unpaired) electrons. The van der Waals surface area contributed by atoms with E-state index in [1.54, 1.807) is 18.2 Å². The first-order valence-electron chi connectivity index (χ1n) is 5.67. The van der Waals surface area contributed by atoms with Crippen molar-refractivity contribution in [1.29, 1.82) is 0 Å². The lowest BCUT2D eigenvalue weighted by molar-refractivity contribution is 0.0685. The van der Waals surface area contributed by atoms with Crippen LogP contribution in [0, 0.1) is 5.82 Å². The number of hydrogen-bond donors (Lipinski definition) is 1. The summed E-state index contributed by atoms with van der Waals surface area (Å²) in [6, 6.07) is 7.42. The number of ketones is 1. The molecule has 98 valence electrons. The van der Waals surface area contributed by atoms with Gasteiger partial charge in [0.1, 0.15) is 11.5 Å². The highest BCUT2D eigenvalue weighted by Gasteiger charge is 2.15. The summed E-state index contributed by atoms with van der Waals surface area (Å²) >= 11 is 0. The molecule has 5 heteroatoms. The Morgan fingerprint density at radius 1 is 1.32 bits per heavy atom. The Morgan fingerprint density at radius 3 is 2.58 bits per heavy atom. The molecule has 2 rings (SSSR count). The first-order chi connectivity index (χ1) is 8.99. The molecule has 0 fully saturated rings. The zero-order chi connectivity index (χ0) is 14.0. The molecule has 0 saturated carbocycles. The topological polar surface area (TPSA) is 59.3 Å². The Hall–Kier alpha value is -2.43. The van der Waals surface area contributed by atoms with Gasteiger partial charge in [-0.15, -0.1) is 0 Å². The lowest BCUT2D eigenvalue weighted by Gasteiger charge is -2.07. The van der Waals surface area contributed by atoms with Crippen molar-refractivity contribution in [3.8, 4) is 0 Å². The Kier molecular flexibility index (Phi) is 3.46. The van der Waals surface area contributed by atoms with Crippen molar-refractivity contribution in [3.05, 3.63) is 59.2 Å². The molecule has 0 atom stereocenters. The largest absolute Gasteiger partial charge is 0.477 e. The van der Waals surface area contributed by atoms with Gasteiger partial charge in [0, 0.05) is 17.3 Å². The van der Waals surface area contributed by atoms with Gasteiger partial charge in [0.15, 0.2) is 5.78 Å². The Morgan fingerprint density at radius 2 is 2.00 bits per heavy atom. The smallest absolute Gasteiger partial charge is 0.352 e. The van der Waals surface area contributed by atoms with E-state index in [4.69, 9.17) is 5.11 Å². The van der Waals surface area contributed by atoms with E-state index in [0.717, 1.165) is 0 Å². The Bertz CT molecular complexity index is 646. The molecule has 0 aliphatic heterocycles. The van der Waals surface area contributed by atoms with Crippen molar-refractivity contribution in [2.45, 2.75) is 13.5 Å². The van der Waals surface area contributed by atoms with Gasteiger partial charge < -0.3 is 9.67 Å². The summed E-state index contributed by atoms with van der Waals surface area (Å²) in [5.41, 5.74) is 0.637. The van der Waals surface area contributed by atoms with Crippen LogP contribution in [0.1, 0.15) is 33.3 Å². The predicted octanol–water partition coefficient (Wildman–Crippen LogP) is 2.58. The van der Waals surface area contributed by atoms with Crippen molar-refractivity contribution < 1.29 is 19.1 Å². The second-order valence-electron chi connectivity index (χ2n) is 4.19. The molecule has 0 aliphatic carbocycles. The lowest BCUT2D eigenvalue weighted by atomic mass is 10.2. The summed E-state index contributed by atoms with van der Waals surface area (Å²) in [5, 5.41) is 9.08. The molecule has 0 aliphatic rings. The highest BCUT2D eigenvalue weighted by atomic mass is 19.1. The summed E-state index contributed by atoms with van der Waals surface area (Å²) in [5.74, 6) is -1.78. The summed E-state index contributed by atoms with van der Waals surface area (Å²) < 4.78 is 14.9. The summed E-state index contributed by atoms with van der Waals surface area (Å²) in [7, 11) is 0. The minimum atomic E-state index is -1.15. The molecule has 2 aromatic rings. The van der Waals surface area contributed by atoms with Gasteiger partial charge in [0.05, 0.1) is 6.54 Å². The van der Waals surface area contributed by atoms with E-state index in [9.17, 15) is 14.0 Å². The van der Waals surface area contributed by atoms with Crippen LogP contribution in [0.5, 0.6) is 0 Å². The van der Waals surface area contributed by atoms with Crippen LogP contribution in [0.3, 0.4) is 0 Å². The number of nitrogens with zero attached hydrogens (tertiary/aromatic N) is 1. The van der Waals surface area contributed by atoms with Gasteiger partial charge in [-0.2, -0.15) is 0 Å². The van der Waals surface area contributed by atoms with Crippen LogP contribution >= 0.6 is 0 Å². The molecular formula is C14H12FNO3. The van der Waals surface area contributed by atoms with E-state index in [1.807, 2.05) is 0 Å². The van der Waals surface area contributed by atoms with Crippen molar-refractivity contribution in [1.82, 2.24) is 4.57 Å². The lowest BCUT2D eigenvalue weighted by Crippen LogP contribution is -2.09. The Balaban J connectivity index is 2.42. The number of aromatic carboxylic acids is 1. The molecule has 1 aromatic carbocycles. The average Bonchev–Trinajstić information content (AvgIpc) is 2.76. The SMILES string of the molecule is CC(=O)c1cc(C(=O)O)n(Cc2ccccc2F)c1. The minimum absolute atomic E-state index is 0.0338. The Labute approximate surface area is 109 Å². The maximum atomic E-state index is 13.5. The van der Waals surface area contributed by atoms with Crippen LogP contribution in [-0.4, -0.2) is 21.4 Å². The second kappa shape index (κ2) is 5.06. The minimum Gasteiger partial charge on any atom is -0.477 e.